The minimum absolute atomic E-state index is 0. The Balaban J connectivity index is 0.00000338. The van der Waals surface area contributed by atoms with Crippen molar-refractivity contribution in [3.8, 4) is 5.75 Å². The number of carbonyl (C=O) groups excluding carboxylic acids is 1. The van der Waals surface area contributed by atoms with Gasteiger partial charge in [0.2, 0.25) is 5.91 Å². The monoisotopic (exact) mass is 474 g/mol. The van der Waals surface area contributed by atoms with Crippen LogP contribution in [0.25, 0.3) is 0 Å². The van der Waals surface area contributed by atoms with Crippen LogP contribution in [0, 0.1) is 6.92 Å². The standard InChI is InChI=1S/C19H30N4O2.HI/c1-13-7-10-17(25-4)16(12-13)14(2)22-19(20-3)21-11-5-6-18(24)23-15-8-9-15;/h7,10,12,14-15H,5-6,8-9,11H2,1-4H3,(H,23,24)(H2,20,21,22);1H. The highest BCUT2D eigenvalue weighted by Crippen LogP contribution is 2.25. The minimum atomic E-state index is 0. The lowest BCUT2D eigenvalue weighted by Gasteiger charge is -2.20. The van der Waals surface area contributed by atoms with Crippen LogP contribution in [-0.4, -0.2) is 38.6 Å². The van der Waals surface area contributed by atoms with Gasteiger partial charge in [0.1, 0.15) is 5.75 Å². The molecule has 3 N–H and O–H groups in total. The molecule has 1 aromatic rings. The van der Waals surface area contributed by atoms with Crippen molar-refractivity contribution in [1.82, 2.24) is 16.0 Å². The summed E-state index contributed by atoms with van der Waals surface area (Å²) in [4.78, 5) is 15.9. The van der Waals surface area contributed by atoms with Crippen LogP contribution < -0.4 is 20.7 Å². The Hall–Kier alpha value is -1.51. The van der Waals surface area contributed by atoms with Crippen LogP contribution in [-0.2, 0) is 4.79 Å². The van der Waals surface area contributed by atoms with E-state index in [0.29, 0.717) is 19.0 Å². The fraction of sp³-hybridized carbons (Fsp3) is 0.579. The highest BCUT2D eigenvalue weighted by atomic mass is 127. The van der Waals surface area contributed by atoms with Crippen molar-refractivity contribution in [3.63, 3.8) is 0 Å². The van der Waals surface area contributed by atoms with Crippen LogP contribution in [0.1, 0.15) is 49.8 Å². The van der Waals surface area contributed by atoms with E-state index in [1.54, 1.807) is 14.2 Å². The Bertz CT molecular complexity index is 618. The Kier molecular flexibility index (Phi) is 9.75. The predicted octanol–water partition coefficient (Wildman–Crippen LogP) is 2.91. The molecule has 1 aliphatic rings. The maximum Gasteiger partial charge on any atom is 0.220 e. The summed E-state index contributed by atoms with van der Waals surface area (Å²) in [5, 5.41) is 9.64. The summed E-state index contributed by atoms with van der Waals surface area (Å²) in [5.74, 6) is 1.72. The molecule has 0 bridgehead atoms. The maximum atomic E-state index is 11.7. The zero-order valence-electron chi connectivity index (χ0n) is 16.1. The van der Waals surface area contributed by atoms with Crippen molar-refractivity contribution in [3.05, 3.63) is 29.3 Å². The second kappa shape index (κ2) is 11.3. The van der Waals surface area contributed by atoms with E-state index >= 15 is 0 Å². The number of aliphatic imine (C=N–C) groups is 1. The third kappa shape index (κ3) is 7.39. The molecule has 1 aromatic carbocycles. The molecule has 1 amide bonds. The molecule has 0 spiro atoms. The van der Waals surface area contributed by atoms with Crippen LogP contribution >= 0.6 is 24.0 Å². The van der Waals surface area contributed by atoms with Crippen LogP contribution in [0.5, 0.6) is 5.75 Å². The zero-order chi connectivity index (χ0) is 18.2. The van der Waals surface area contributed by atoms with Gasteiger partial charge in [-0.1, -0.05) is 17.7 Å². The summed E-state index contributed by atoms with van der Waals surface area (Å²) in [7, 11) is 3.43. The van der Waals surface area contributed by atoms with Gasteiger partial charge in [0.05, 0.1) is 13.2 Å². The first-order valence-electron chi connectivity index (χ1n) is 8.94. The first-order valence-corrected chi connectivity index (χ1v) is 8.94. The smallest absolute Gasteiger partial charge is 0.220 e. The van der Waals surface area contributed by atoms with E-state index in [0.717, 1.165) is 36.5 Å². The van der Waals surface area contributed by atoms with E-state index in [1.165, 1.54) is 5.56 Å². The molecule has 1 saturated carbocycles. The second-order valence-corrected chi connectivity index (χ2v) is 6.56. The van der Waals surface area contributed by atoms with E-state index in [9.17, 15) is 4.79 Å². The van der Waals surface area contributed by atoms with Gasteiger partial charge in [-0.3, -0.25) is 9.79 Å². The van der Waals surface area contributed by atoms with Crippen LogP contribution in [0.15, 0.2) is 23.2 Å². The molecule has 1 unspecified atom stereocenters. The van der Waals surface area contributed by atoms with Crippen LogP contribution in [0.3, 0.4) is 0 Å². The van der Waals surface area contributed by atoms with Crippen LogP contribution in [0.2, 0.25) is 0 Å². The molecule has 0 radical (unpaired) electrons. The number of benzene rings is 1. The lowest BCUT2D eigenvalue weighted by molar-refractivity contribution is -0.121. The van der Waals surface area contributed by atoms with Crippen molar-refractivity contribution >= 4 is 35.8 Å². The fourth-order valence-corrected chi connectivity index (χ4v) is 2.65. The number of rotatable bonds is 8. The highest BCUT2D eigenvalue weighted by Gasteiger charge is 2.22. The Morgan fingerprint density at radius 2 is 2.12 bits per heavy atom. The summed E-state index contributed by atoms with van der Waals surface area (Å²) < 4.78 is 5.45. The van der Waals surface area contributed by atoms with E-state index in [1.807, 2.05) is 12.1 Å². The van der Waals surface area contributed by atoms with Gasteiger partial charge in [-0.25, -0.2) is 0 Å². The van der Waals surface area contributed by atoms with Gasteiger partial charge in [0.15, 0.2) is 5.96 Å². The van der Waals surface area contributed by atoms with E-state index in [-0.39, 0.29) is 35.9 Å². The van der Waals surface area contributed by atoms with Gasteiger partial charge in [-0.05, 0) is 39.2 Å². The average molecular weight is 474 g/mol. The van der Waals surface area contributed by atoms with E-state index < -0.39 is 0 Å². The molecule has 1 fully saturated rings. The molecule has 1 atom stereocenters. The second-order valence-electron chi connectivity index (χ2n) is 6.56. The molecule has 26 heavy (non-hydrogen) atoms. The molecular formula is C19H31IN4O2. The first kappa shape index (κ1) is 22.5. The third-order valence-electron chi connectivity index (χ3n) is 4.24. The molecule has 0 aliphatic heterocycles. The number of methoxy groups -OCH3 is 1. The van der Waals surface area contributed by atoms with Gasteiger partial charge < -0.3 is 20.7 Å². The molecule has 0 heterocycles. The molecule has 0 saturated heterocycles. The molecule has 7 heteroatoms. The quantitative estimate of drug-likeness (QED) is 0.235. The number of carbonyl (C=O) groups is 1. The lowest BCUT2D eigenvalue weighted by atomic mass is 10.0. The average Bonchev–Trinajstić information content (AvgIpc) is 3.41. The van der Waals surface area contributed by atoms with Crippen molar-refractivity contribution in [2.75, 3.05) is 20.7 Å². The summed E-state index contributed by atoms with van der Waals surface area (Å²) in [6, 6.07) is 6.62. The number of amides is 1. The molecular weight excluding hydrogens is 443 g/mol. The lowest BCUT2D eigenvalue weighted by Crippen LogP contribution is -2.39. The van der Waals surface area contributed by atoms with E-state index in [2.05, 4.69) is 40.9 Å². The van der Waals surface area contributed by atoms with Crippen molar-refractivity contribution in [1.29, 1.82) is 0 Å². The fourth-order valence-electron chi connectivity index (χ4n) is 2.65. The van der Waals surface area contributed by atoms with Crippen molar-refractivity contribution in [2.45, 2.75) is 51.6 Å². The number of halogens is 1. The van der Waals surface area contributed by atoms with Crippen molar-refractivity contribution in [2.24, 2.45) is 4.99 Å². The molecule has 2 rings (SSSR count). The summed E-state index contributed by atoms with van der Waals surface area (Å²) >= 11 is 0. The molecule has 146 valence electrons. The third-order valence-corrected chi connectivity index (χ3v) is 4.24. The van der Waals surface area contributed by atoms with Gasteiger partial charge in [-0.2, -0.15) is 0 Å². The number of aryl methyl sites for hydroxylation is 1. The molecule has 0 aromatic heterocycles. The van der Waals surface area contributed by atoms with Gasteiger partial charge in [-0.15, -0.1) is 24.0 Å². The summed E-state index contributed by atoms with van der Waals surface area (Å²) in [5.41, 5.74) is 2.28. The van der Waals surface area contributed by atoms with Crippen LogP contribution in [0.4, 0.5) is 0 Å². The first-order chi connectivity index (χ1) is 12.0. The van der Waals surface area contributed by atoms with Gasteiger partial charge in [0, 0.05) is 31.6 Å². The number of hydrogen-bond donors (Lipinski definition) is 3. The number of hydrogen-bond acceptors (Lipinski definition) is 3. The minimum Gasteiger partial charge on any atom is -0.496 e. The number of ether oxygens (including phenoxy) is 1. The number of nitrogens with zero attached hydrogens (tertiary/aromatic N) is 1. The summed E-state index contributed by atoms with van der Waals surface area (Å²) in [6.07, 6.45) is 3.57. The normalized spacial score (nSPS) is 14.8. The molecule has 1 aliphatic carbocycles. The molecule has 6 nitrogen and oxygen atoms in total. The van der Waals surface area contributed by atoms with Crippen molar-refractivity contribution < 1.29 is 9.53 Å². The Labute approximate surface area is 173 Å². The number of guanidine groups is 1. The zero-order valence-corrected chi connectivity index (χ0v) is 18.4. The Morgan fingerprint density at radius 1 is 1.38 bits per heavy atom. The van der Waals surface area contributed by atoms with Gasteiger partial charge >= 0.3 is 0 Å². The van der Waals surface area contributed by atoms with Gasteiger partial charge in [0.25, 0.3) is 0 Å². The predicted molar refractivity (Wildman–Crippen MR) is 116 cm³/mol. The summed E-state index contributed by atoms with van der Waals surface area (Å²) in [6.45, 7) is 4.85. The topological polar surface area (TPSA) is 74.8 Å². The number of nitrogens with one attached hydrogen (secondary N) is 3. The van der Waals surface area contributed by atoms with E-state index in [4.69, 9.17) is 4.74 Å². The largest absolute Gasteiger partial charge is 0.496 e. The SMILES string of the molecule is CN=C(NCCCC(=O)NC1CC1)NC(C)c1cc(C)ccc1OC.I. The highest BCUT2D eigenvalue weighted by molar-refractivity contribution is 14.0. The Morgan fingerprint density at radius 3 is 2.73 bits per heavy atom. The maximum absolute atomic E-state index is 11.7.